The quantitative estimate of drug-likeness (QED) is 0.188. The number of hydrogen-bond acceptors (Lipinski definition) is 4. The maximum atomic E-state index is 10.4. The fourth-order valence-corrected chi connectivity index (χ4v) is 0.386. The van der Waals surface area contributed by atoms with Crippen LogP contribution in [0.1, 0.15) is 19.8 Å². The van der Waals surface area contributed by atoms with Gasteiger partial charge in [-0.05, 0) is 6.42 Å². The smallest absolute Gasteiger partial charge is 0.282 e. The third-order valence-electron chi connectivity index (χ3n) is 0.968. The molecule has 0 saturated carbocycles. The summed E-state index contributed by atoms with van der Waals surface area (Å²) in [6.07, 6.45) is 1.99. The Morgan fingerprint density at radius 3 is 2.91 bits per heavy atom. The summed E-state index contributed by atoms with van der Waals surface area (Å²) in [5.41, 5.74) is 6.24. The third-order valence-corrected chi connectivity index (χ3v) is 0.968. The zero-order valence-corrected chi connectivity index (χ0v) is 6.52. The van der Waals surface area contributed by atoms with Crippen molar-refractivity contribution in [2.24, 2.45) is 5.84 Å². The summed E-state index contributed by atoms with van der Waals surface area (Å²) in [4.78, 5) is 15.1. The Morgan fingerprint density at radius 1 is 1.64 bits per heavy atom. The van der Waals surface area contributed by atoms with Crippen LogP contribution in [0.5, 0.6) is 0 Å². The van der Waals surface area contributed by atoms with E-state index in [1.54, 1.807) is 0 Å². The number of carbonyl (C=O) groups excluding carboxylic acids is 1. The fraction of sp³-hybridized carbons (Fsp3) is 0.800. The summed E-state index contributed by atoms with van der Waals surface area (Å²) < 4.78 is 0. The van der Waals surface area contributed by atoms with Gasteiger partial charge in [0.25, 0.3) is 0 Å². The lowest BCUT2D eigenvalue weighted by molar-refractivity contribution is 0.0176. The number of carbonyl (C=O) groups is 1. The largest absolute Gasteiger partial charge is 0.345 e. The highest BCUT2D eigenvalue weighted by Crippen LogP contribution is 1.83. The lowest BCUT2D eigenvalue weighted by Crippen LogP contribution is -2.46. The molecule has 0 bridgehead atoms. The van der Waals surface area contributed by atoms with E-state index in [1.807, 2.05) is 12.3 Å². The number of urea groups is 1. The normalized spacial score (nSPS) is 9.27. The second-order valence-corrected chi connectivity index (χ2v) is 1.90. The monoisotopic (exact) mass is 162 g/mol. The Hall–Kier alpha value is -0.850. The fourth-order valence-electron chi connectivity index (χ4n) is 0.386. The lowest BCUT2D eigenvalue weighted by Gasteiger charge is -2.05. The molecule has 6 nitrogen and oxygen atoms in total. The Kier molecular flexibility index (Phi) is 6.70. The summed E-state index contributed by atoms with van der Waals surface area (Å²) in [5, 5.41) is 0. The van der Waals surface area contributed by atoms with E-state index in [-0.39, 0.29) is 0 Å². The second kappa shape index (κ2) is 7.26. The van der Waals surface area contributed by atoms with Crippen LogP contribution < -0.4 is 22.3 Å². The summed E-state index contributed by atoms with van der Waals surface area (Å²) in [6.45, 7) is 2.60. The Morgan fingerprint density at radius 2 is 2.36 bits per heavy atom. The molecule has 0 saturated heterocycles. The molecule has 5 N–H and O–H groups in total. The first-order valence-corrected chi connectivity index (χ1v) is 3.44. The molecule has 0 aromatic heterocycles. The van der Waals surface area contributed by atoms with Crippen molar-refractivity contribution in [2.45, 2.75) is 19.8 Å². The van der Waals surface area contributed by atoms with Crippen LogP contribution in [0.3, 0.4) is 0 Å². The van der Waals surface area contributed by atoms with Gasteiger partial charge in [-0.3, -0.25) is 10.3 Å². The van der Waals surface area contributed by atoms with E-state index < -0.39 is 6.03 Å². The first-order valence-electron chi connectivity index (χ1n) is 3.44. The van der Waals surface area contributed by atoms with E-state index in [2.05, 4.69) is 11.0 Å². The number of rotatable bonds is 5. The summed E-state index contributed by atoms with van der Waals surface area (Å²) in [7, 11) is 0. The van der Waals surface area contributed by atoms with Crippen molar-refractivity contribution in [3.63, 3.8) is 0 Å². The number of hydrogen-bond donors (Lipinski definition) is 4. The molecule has 0 atom stereocenters. The lowest BCUT2D eigenvalue weighted by atomic mass is 10.4. The van der Waals surface area contributed by atoms with E-state index in [1.165, 1.54) is 0 Å². The van der Waals surface area contributed by atoms with Gasteiger partial charge in [0.05, 0.1) is 6.61 Å². The van der Waals surface area contributed by atoms with Crippen LogP contribution >= 0.6 is 0 Å². The van der Waals surface area contributed by atoms with Crippen LogP contribution in [0, 0.1) is 0 Å². The molecule has 0 aliphatic heterocycles. The molecule has 11 heavy (non-hydrogen) atoms. The molecule has 0 aromatic rings. The molecule has 0 aliphatic carbocycles. The molecule has 0 spiro atoms. The van der Waals surface area contributed by atoms with Crippen LogP contribution in [0.4, 0.5) is 4.79 Å². The predicted octanol–water partition coefficient (Wildman–Crippen LogP) is -0.604. The zero-order valence-electron chi connectivity index (χ0n) is 6.52. The van der Waals surface area contributed by atoms with Crippen molar-refractivity contribution in [3.8, 4) is 0 Å². The molecule has 66 valence electrons. The maximum Gasteiger partial charge on any atom is 0.345 e. The number of nitrogens with one attached hydrogen (secondary N) is 3. The minimum atomic E-state index is -0.540. The number of nitrogens with two attached hydrogens (primary N) is 1. The van der Waals surface area contributed by atoms with Gasteiger partial charge in [0.2, 0.25) is 0 Å². The number of hydrazine groups is 2. The van der Waals surface area contributed by atoms with Gasteiger partial charge in [-0.1, -0.05) is 13.3 Å². The minimum absolute atomic E-state index is 0.540. The number of amides is 2. The predicted molar refractivity (Wildman–Crippen MR) is 39.9 cm³/mol. The minimum Gasteiger partial charge on any atom is -0.282 e. The van der Waals surface area contributed by atoms with Crippen LogP contribution in [0.15, 0.2) is 0 Å². The standard InChI is InChI=1S/C5H14N4O2/c1-2-3-4-11-9-8-5(10)7-6/h9H,2-4,6H2,1H3,(H2,7,8,10). The Labute approximate surface area is 65.4 Å². The SMILES string of the molecule is CCCCONNC(=O)NN. The molecule has 0 heterocycles. The van der Waals surface area contributed by atoms with E-state index in [0.717, 1.165) is 12.8 Å². The van der Waals surface area contributed by atoms with Gasteiger partial charge in [0, 0.05) is 0 Å². The van der Waals surface area contributed by atoms with Crippen LogP contribution in [0.2, 0.25) is 0 Å². The van der Waals surface area contributed by atoms with E-state index in [4.69, 9.17) is 10.7 Å². The van der Waals surface area contributed by atoms with Gasteiger partial charge in [-0.15, -0.1) is 5.59 Å². The Bertz CT molecular complexity index is 109. The molecule has 0 unspecified atom stereocenters. The average Bonchev–Trinajstić information content (AvgIpc) is 2.04. The maximum absolute atomic E-state index is 10.4. The van der Waals surface area contributed by atoms with Crippen molar-refractivity contribution < 1.29 is 9.63 Å². The van der Waals surface area contributed by atoms with Gasteiger partial charge in [-0.25, -0.2) is 16.1 Å². The topological polar surface area (TPSA) is 88.4 Å². The van der Waals surface area contributed by atoms with Crippen LogP contribution in [0.25, 0.3) is 0 Å². The van der Waals surface area contributed by atoms with Crippen molar-refractivity contribution in [2.75, 3.05) is 6.61 Å². The molecule has 0 fully saturated rings. The highest BCUT2D eigenvalue weighted by molar-refractivity contribution is 5.72. The van der Waals surface area contributed by atoms with Crippen LogP contribution in [-0.2, 0) is 4.84 Å². The highest BCUT2D eigenvalue weighted by Gasteiger charge is 1.92. The van der Waals surface area contributed by atoms with E-state index >= 15 is 0 Å². The van der Waals surface area contributed by atoms with Crippen molar-refractivity contribution in [1.29, 1.82) is 0 Å². The average molecular weight is 162 g/mol. The first kappa shape index (κ1) is 10.2. The molecule has 0 rings (SSSR count). The van der Waals surface area contributed by atoms with Gasteiger partial charge in [0.15, 0.2) is 0 Å². The summed E-state index contributed by atoms with van der Waals surface area (Å²) in [6, 6.07) is -0.540. The highest BCUT2D eigenvalue weighted by atomic mass is 16.7. The zero-order chi connectivity index (χ0) is 8.53. The molecule has 0 aromatic carbocycles. The van der Waals surface area contributed by atoms with E-state index in [0.29, 0.717) is 6.61 Å². The summed E-state index contributed by atoms with van der Waals surface area (Å²) in [5.74, 6) is 4.76. The van der Waals surface area contributed by atoms with Gasteiger partial charge in [-0.2, -0.15) is 0 Å². The Balaban J connectivity index is 2.95. The van der Waals surface area contributed by atoms with Crippen LogP contribution in [-0.4, -0.2) is 12.6 Å². The van der Waals surface area contributed by atoms with Gasteiger partial charge in [0.1, 0.15) is 0 Å². The van der Waals surface area contributed by atoms with Crippen molar-refractivity contribution >= 4 is 6.03 Å². The van der Waals surface area contributed by atoms with E-state index in [9.17, 15) is 4.79 Å². The third kappa shape index (κ3) is 7.04. The molecule has 0 radical (unpaired) electrons. The first-order chi connectivity index (χ1) is 5.31. The molecular weight excluding hydrogens is 148 g/mol. The van der Waals surface area contributed by atoms with Crippen molar-refractivity contribution in [1.82, 2.24) is 16.4 Å². The van der Waals surface area contributed by atoms with Gasteiger partial charge < -0.3 is 0 Å². The molecule has 6 heteroatoms. The molecule has 0 aliphatic rings. The second-order valence-electron chi connectivity index (χ2n) is 1.90. The van der Waals surface area contributed by atoms with Crippen molar-refractivity contribution in [3.05, 3.63) is 0 Å². The summed E-state index contributed by atoms with van der Waals surface area (Å²) >= 11 is 0. The van der Waals surface area contributed by atoms with Gasteiger partial charge >= 0.3 is 6.03 Å². The molecule has 2 amide bonds. The number of unbranched alkanes of at least 4 members (excludes halogenated alkanes) is 1. The molecular formula is C5H14N4O2.